The predicted molar refractivity (Wildman–Crippen MR) is 83.8 cm³/mol. The topological polar surface area (TPSA) is 66.5 Å². The van der Waals surface area contributed by atoms with Gasteiger partial charge in [0.25, 0.3) is 0 Å². The minimum absolute atomic E-state index is 0.142. The minimum Gasteiger partial charge on any atom is -0.342 e. The van der Waals surface area contributed by atoms with Crippen molar-refractivity contribution in [1.29, 1.82) is 0 Å². The zero-order valence-electron chi connectivity index (χ0n) is 13.0. The van der Waals surface area contributed by atoms with Gasteiger partial charge in [-0.2, -0.15) is 21.6 Å². The molecule has 1 aromatic rings. The molecule has 1 heterocycles. The van der Waals surface area contributed by atoms with Crippen molar-refractivity contribution >= 4 is 21.6 Å². The smallest absolute Gasteiger partial charge is 0.342 e. The summed E-state index contributed by atoms with van der Waals surface area (Å²) in [5.74, 6) is -0.212. The van der Waals surface area contributed by atoms with Gasteiger partial charge in [-0.1, -0.05) is 31.0 Å². The molecule has 0 aliphatic carbocycles. The van der Waals surface area contributed by atoms with Gasteiger partial charge in [0, 0.05) is 13.1 Å². The van der Waals surface area contributed by atoms with Gasteiger partial charge in [-0.15, -0.1) is 0 Å². The third kappa shape index (κ3) is 4.62. The van der Waals surface area contributed by atoms with Crippen LogP contribution in [0.15, 0.2) is 24.3 Å². The van der Waals surface area contributed by atoms with Gasteiger partial charge in [0.2, 0.25) is 5.91 Å². The molecule has 24 heavy (non-hydrogen) atoms. The second-order valence-corrected chi connectivity index (χ2v) is 7.35. The van der Waals surface area contributed by atoms with Gasteiger partial charge >= 0.3 is 15.5 Å². The molecule has 0 atom stereocenters. The molecule has 1 aliphatic heterocycles. The molecule has 1 amide bonds. The number of amides is 1. The molecule has 0 unspecified atom stereocenters. The Morgan fingerprint density at radius 2 is 1.67 bits per heavy atom. The first-order valence-corrected chi connectivity index (χ1v) is 9.14. The number of benzene rings is 1. The number of anilines is 1. The number of rotatable bonds is 4. The SMILES string of the molecule is O=C(Cc1ccccc1NS(=O)(=O)C(F)(F)F)N1CCCCCC1. The number of alkyl halides is 3. The summed E-state index contributed by atoms with van der Waals surface area (Å²) in [6.45, 7) is 1.24. The first kappa shape index (κ1) is 18.6. The monoisotopic (exact) mass is 364 g/mol. The van der Waals surface area contributed by atoms with Crippen LogP contribution in [0.4, 0.5) is 18.9 Å². The first-order chi connectivity index (χ1) is 11.2. The Hall–Kier alpha value is -1.77. The third-order valence-electron chi connectivity index (χ3n) is 3.87. The molecule has 9 heteroatoms. The maximum Gasteiger partial charge on any atom is 0.516 e. The molecule has 1 N–H and O–H groups in total. The van der Waals surface area contributed by atoms with E-state index in [-0.39, 0.29) is 23.6 Å². The Bertz CT molecular complexity index is 681. The average Bonchev–Trinajstić information content (AvgIpc) is 2.77. The molecule has 1 aliphatic rings. The first-order valence-electron chi connectivity index (χ1n) is 7.65. The highest BCUT2D eigenvalue weighted by atomic mass is 32.2. The lowest BCUT2D eigenvalue weighted by molar-refractivity contribution is -0.130. The highest BCUT2D eigenvalue weighted by molar-refractivity contribution is 7.93. The summed E-state index contributed by atoms with van der Waals surface area (Å²) in [5, 5.41) is 0. The summed E-state index contributed by atoms with van der Waals surface area (Å²) in [6.07, 6.45) is 3.75. The lowest BCUT2D eigenvalue weighted by Gasteiger charge is -2.21. The van der Waals surface area contributed by atoms with Crippen molar-refractivity contribution in [2.24, 2.45) is 0 Å². The van der Waals surface area contributed by atoms with Crippen LogP contribution < -0.4 is 4.72 Å². The molecule has 1 aromatic carbocycles. The normalized spacial score (nSPS) is 16.5. The van der Waals surface area contributed by atoms with E-state index in [0.29, 0.717) is 13.1 Å². The van der Waals surface area contributed by atoms with Crippen molar-refractivity contribution in [2.75, 3.05) is 17.8 Å². The van der Waals surface area contributed by atoms with Gasteiger partial charge in [0.1, 0.15) is 0 Å². The number of halogens is 3. The molecule has 1 fully saturated rings. The molecular formula is C15H19F3N2O3S. The summed E-state index contributed by atoms with van der Waals surface area (Å²) in [4.78, 5) is 14.0. The van der Waals surface area contributed by atoms with Crippen LogP contribution in [0.5, 0.6) is 0 Å². The Morgan fingerprint density at radius 3 is 2.25 bits per heavy atom. The van der Waals surface area contributed by atoms with E-state index >= 15 is 0 Å². The Kier molecular flexibility index (Phi) is 5.74. The molecule has 0 saturated carbocycles. The van der Waals surface area contributed by atoms with E-state index in [2.05, 4.69) is 0 Å². The molecule has 0 spiro atoms. The highest BCUT2D eigenvalue weighted by Gasteiger charge is 2.46. The van der Waals surface area contributed by atoms with Crippen molar-refractivity contribution in [3.8, 4) is 0 Å². The van der Waals surface area contributed by atoms with Gasteiger partial charge < -0.3 is 4.90 Å². The zero-order valence-corrected chi connectivity index (χ0v) is 13.8. The molecule has 5 nitrogen and oxygen atoms in total. The predicted octanol–water partition coefficient (Wildman–Crippen LogP) is 2.89. The van der Waals surface area contributed by atoms with E-state index in [9.17, 15) is 26.4 Å². The van der Waals surface area contributed by atoms with Crippen LogP contribution in [0.2, 0.25) is 0 Å². The van der Waals surface area contributed by atoms with E-state index in [1.807, 2.05) is 0 Å². The summed E-state index contributed by atoms with van der Waals surface area (Å²) >= 11 is 0. The quantitative estimate of drug-likeness (QED) is 0.893. The lowest BCUT2D eigenvalue weighted by Crippen LogP contribution is -2.34. The average molecular weight is 364 g/mol. The van der Waals surface area contributed by atoms with Gasteiger partial charge in [0.15, 0.2) is 0 Å². The van der Waals surface area contributed by atoms with Crippen molar-refractivity contribution in [3.05, 3.63) is 29.8 Å². The third-order valence-corrected chi connectivity index (χ3v) is 4.96. The van der Waals surface area contributed by atoms with Crippen LogP contribution >= 0.6 is 0 Å². The molecule has 1 saturated heterocycles. The van der Waals surface area contributed by atoms with Crippen LogP contribution in [0.25, 0.3) is 0 Å². The highest BCUT2D eigenvalue weighted by Crippen LogP contribution is 2.27. The second-order valence-electron chi connectivity index (χ2n) is 5.68. The summed E-state index contributed by atoms with van der Waals surface area (Å²) in [7, 11) is -5.51. The van der Waals surface area contributed by atoms with E-state index in [0.717, 1.165) is 25.7 Å². The molecule has 134 valence electrons. The van der Waals surface area contributed by atoms with Crippen molar-refractivity contribution in [3.63, 3.8) is 0 Å². The Morgan fingerprint density at radius 1 is 1.08 bits per heavy atom. The molecule has 0 aromatic heterocycles. The number of para-hydroxylation sites is 1. The number of likely N-dealkylation sites (tertiary alicyclic amines) is 1. The van der Waals surface area contributed by atoms with Gasteiger partial charge in [-0.3, -0.25) is 9.52 Å². The summed E-state index contributed by atoms with van der Waals surface area (Å²) < 4.78 is 61.6. The lowest BCUT2D eigenvalue weighted by atomic mass is 10.1. The minimum atomic E-state index is -5.51. The number of carbonyl (C=O) groups excluding carboxylic acids is 1. The summed E-state index contributed by atoms with van der Waals surface area (Å²) in [5.41, 5.74) is -5.41. The van der Waals surface area contributed by atoms with E-state index < -0.39 is 15.5 Å². The van der Waals surface area contributed by atoms with Crippen LogP contribution in [-0.4, -0.2) is 37.8 Å². The van der Waals surface area contributed by atoms with Crippen molar-refractivity contribution in [1.82, 2.24) is 4.90 Å². The Balaban J connectivity index is 2.15. The van der Waals surface area contributed by atoms with Crippen LogP contribution in [0.1, 0.15) is 31.2 Å². The van der Waals surface area contributed by atoms with Crippen LogP contribution in [-0.2, 0) is 21.2 Å². The fraction of sp³-hybridized carbons (Fsp3) is 0.533. The maximum absolute atomic E-state index is 12.5. The largest absolute Gasteiger partial charge is 0.516 e. The fourth-order valence-electron chi connectivity index (χ4n) is 2.57. The number of hydrogen-bond donors (Lipinski definition) is 1. The van der Waals surface area contributed by atoms with E-state index in [1.54, 1.807) is 11.0 Å². The molecule has 2 rings (SSSR count). The fourth-order valence-corrected chi connectivity index (χ4v) is 3.18. The second kappa shape index (κ2) is 7.42. The van der Waals surface area contributed by atoms with E-state index in [4.69, 9.17) is 0 Å². The van der Waals surface area contributed by atoms with Crippen molar-refractivity contribution in [2.45, 2.75) is 37.6 Å². The molecular weight excluding hydrogens is 345 g/mol. The van der Waals surface area contributed by atoms with Gasteiger partial charge in [-0.25, -0.2) is 0 Å². The molecule has 0 radical (unpaired) electrons. The maximum atomic E-state index is 12.5. The van der Waals surface area contributed by atoms with Gasteiger partial charge in [0.05, 0.1) is 12.1 Å². The molecule has 0 bridgehead atoms. The summed E-state index contributed by atoms with van der Waals surface area (Å²) in [6, 6.07) is 5.63. The zero-order chi connectivity index (χ0) is 17.8. The van der Waals surface area contributed by atoms with E-state index in [1.165, 1.54) is 22.9 Å². The van der Waals surface area contributed by atoms with Crippen LogP contribution in [0, 0.1) is 0 Å². The van der Waals surface area contributed by atoms with Gasteiger partial charge in [-0.05, 0) is 24.5 Å². The number of nitrogens with zero attached hydrogens (tertiary/aromatic N) is 1. The standard InChI is InChI=1S/C15H19F3N2O3S/c16-15(17,18)24(22,23)19-13-8-4-3-7-12(13)11-14(21)20-9-5-1-2-6-10-20/h3-4,7-8,19H,1-2,5-6,9-11H2. The number of nitrogens with one attached hydrogen (secondary N) is 1. The van der Waals surface area contributed by atoms with Crippen molar-refractivity contribution < 1.29 is 26.4 Å². The number of hydrogen-bond acceptors (Lipinski definition) is 3. The Labute approximate surface area is 138 Å². The number of carbonyl (C=O) groups is 1. The van der Waals surface area contributed by atoms with Crippen LogP contribution in [0.3, 0.4) is 0 Å². The number of sulfonamides is 1.